The van der Waals surface area contributed by atoms with Crippen LogP contribution in [0.15, 0.2) is 30.7 Å². The van der Waals surface area contributed by atoms with Gasteiger partial charge in [-0.05, 0) is 30.9 Å². The molecule has 1 atom stereocenters. The largest absolute Gasteiger partial charge is 0.356 e. The van der Waals surface area contributed by atoms with E-state index in [4.69, 9.17) is 0 Å². The van der Waals surface area contributed by atoms with Crippen LogP contribution in [-0.4, -0.2) is 37.7 Å². The first kappa shape index (κ1) is 15.9. The third-order valence-corrected chi connectivity index (χ3v) is 4.50. The molecule has 4 heterocycles. The first-order valence-corrected chi connectivity index (χ1v) is 8.32. The van der Waals surface area contributed by atoms with Crippen LogP contribution in [0, 0.1) is 5.92 Å². The molecule has 130 valence electrons. The maximum absolute atomic E-state index is 13.0. The smallest absolute Gasteiger partial charge is 0.282 e. The monoisotopic (exact) mass is 344 g/mol. The van der Waals surface area contributed by atoms with Gasteiger partial charge in [-0.2, -0.15) is 5.10 Å². The maximum Gasteiger partial charge on any atom is 0.282 e. The summed E-state index contributed by atoms with van der Waals surface area (Å²) >= 11 is 0. The minimum Gasteiger partial charge on any atom is -0.356 e. The number of fused-ring (bicyclic) bond motifs is 1. The minimum absolute atomic E-state index is 0.286. The Labute approximate surface area is 143 Å². The molecule has 0 radical (unpaired) electrons. The van der Waals surface area contributed by atoms with Crippen molar-refractivity contribution in [1.29, 1.82) is 0 Å². The van der Waals surface area contributed by atoms with Gasteiger partial charge in [0.05, 0.1) is 11.9 Å². The maximum atomic E-state index is 13.0. The summed E-state index contributed by atoms with van der Waals surface area (Å²) < 4.78 is 27.3. The second kappa shape index (κ2) is 6.34. The van der Waals surface area contributed by atoms with Gasteiger partial charge in [-0.3, -0.25) is 0 Å². The summed E-state index contributed by atoms with van der Waals surface area (Å²) in [6.45, 7) is 4.15. The Morgan fingerprint density at radius 1 is 1.20 bits per heavy atom. The lowest BCUT2D eigenvalue weighted by Crippen LogP contribution is -2.34. The molecule has 0 bridgehead atoms. The van der Waals surface area contributed by atoms with Gasteiger partial charge in [0.15, 0.2) is 5.65 Å². The number of alkyl halides is 2. The highest BCUT2D eigenvalue weighted by atomic mass is 19.3. The molecule has 6 nitrogen and oxygen atoms in total. The highest BCUT2D eigenvalue weighted by molar-refractivity contribution is 5.62. The zero-order valence-corrected chi connectivity index (χ0v) is 13.8. The van der Waals surface area contributed by atoms with Crippen LogP contribution in [0.4, 0.5) is 14.6 Å². The van der Waals surface area contributed by atoms with Crippen molar-refractivity contribution in [2.75, 3.05) is 18.0 Å². The van der Waals surface area contributed by atoms with Gasteiger partial charge in [0.25, 0.3) is 6.43 Å². The predicted molar refractivity (Wildman–Crippen MR) is 89.6 cm³/mol. The van der Waals surface area contributed by atoms with Crippen LogP contribution in [0.3, 0.4) is 0 Å². The van der Waals surface area contributed by atoms with Gasteiger partial charge in [0.2, 0.25) is 0 Å². The number of halogens is 2. The van der Waals surface area contributed by atoms with E-state index in [0.29, 0.717) is 23.0 Å². The Bertz CT molecular complexity index is 894. The molecule has 0 spiro atoms. The molecule has 3 aromatic heterocycles. The van der Waals surface area contributed by atoms with Crippen molar-refractivity contribution in [2.45, 2.75) is 26.2 Å². The minimum atomic E-state index is -2.63. The van der Waals surface area contributed by atoms with Crippen molar-refractivity contribution in [1.82, 2.24) is 24.6 Å². The van der Waals surface area contributed by atoms with Gasteiger partial charge in [0.1, 0.15) is 23.5 Å². The van der Waals surface area contributed by atoms with E-state index in [2.05, 4.69) is 31.9 Å². The lowest BCUT2D eigenvalue weighted by Gasteiger charge is -2.31. The van der Waals surface area contributed by atoms with E-state index in [1.165, 1.54) is 29.4 Å². The average Bonchev–Trinajstić information content (AvgIpc) is 3.05. The van der Waals surface area contributed by atoms with E-state index in [1.54, 1.807) is 6.20 Å². The molecule has 0 saturated carbocycles. The summed E-state index contributed by atoms with van der Waals surface area (Å²) in [5.74, 6) is 1.47. The normalized spacial score (nSPS) is 18.2. The third-order valence-electron chi connectivity index (χ3n) is 4.50. The van der Waals surface area contributed by atoms with Crippen LogP contribution in [0.25, 0.3) is 17.0 Å². The van der Waals surface area contributed by atoms with Crippen LogP contribution in [0.1, 0.15) is 31.9 Å². The van der Waals surface area contributed by atoms with Crippen molar-refractivity contribution >= 4 is 11.5 Å². The molecule has 8 heteroatoms. The van der Waals surface area contributed by atoms with Crippen molar-refractivity contribution < 1.29 is 8.78 Å². The molecule has 4 rings (SSSR count). The van der Waals surface area contributed by atoms with Crippen LogP contribution in [0.5, 0.6) is 0 Å². The molecular weight excluding hydrogens is 326 g/mol. The molecule has 1 fully saturated rings. The summed E-state index contributed by atoms with van der Waals surface area (Å²) in [7, 11) is 0. The van der Waals surface area contributed by atoms with Gasteiger partial charge < -0.3 is 4.90 Å². The molecule has 1 aliphatic rings. The number of nitrogens with zero attached hydrogens (tertiary/aromatic N) is 6. The van der Waals surface area contributed by atoms with Crippen LogP contribution in [0.2, 0.25) is 0 Å². The van der Waals surface area contributed by atoms with Crippen molar-refractivity contribution in [3.05, 3.63) is 36.4 Å². The number of anilines is 1. The molecular formula is C17H18F2N6. The third kappa shape index (κ3) is 3.04. The second-order valence-electron chi connectivity index (χ2n) is 6.43. The fourth-order valence-electron chi connectivity index (χ4n) is 3.24. The van der Waals surface area contributed by atoms with E-state index in [0.717, 1.165) is 25.3 Å². The lowest BCUT2D eigenvalue weighted by molar-refractivity contribution is 0.144. The molecule has 1 saturated heterocycles. The first-order chi connectivity index (χ1) is 12.1. The van der Waals surface area contributed by atoms with Gasteiger partial charge >= 0.3 is 0 Å². The standard InChI is InChI=1S/C17H18F2N6/c1-11-3-2-6-24(9-11)16-7-13(21-10-22-16)14-8-20-15-5-4-12(17(18)19)23-25(14)15/h4-5,7-8,10-11,17H,2-3,6,9H2,1H3. The fraction of sp³-hybridized carbons (Fsp3) is 0.412. The van der Waals surface area contributed by atoms with E-state index < -0.39 is 6.43 Å². The highest BCUT2D eigenvalue weighted by Crippen LogP contribution is 2.26. The van der Waals surface area contributed by atoms with Gasteiger partial charge in [-0.15, -0.1) is 0 Å². The summed E-state index contributed by atoms with van der Waals surface area (Å²) in [6, 6.07) is 4.70. The van der Waals surface area contributed by atoms with Crippen molar-refractivity contribution in [3.8, 4) is 11.4 Å². The first-order valence-electron chi connectivity index (χ1n) is 8.32. The molecule has 0 N–H and O–H groups in total. The van der Waals surface area contributed by atoms with Crippen molar-refractivity contribution in [3.63, 3.8) is 0 Å². The molecule has 1 unspecified atom stereocenters. The molecule has 1 aliphatic heterocycles. The van der Waals surface area contributed by atoms with E-state index in [9.17, 15) is 8.78 Å². The van der Waals surface area contributed by atoms with Crippen molar-refractivity contribution in [2.24, 2.45) is 5.92 Å². The number of piperidine rings is 1. The van der Waals surface area contributed by atoms with Gasteiger partial charge in [-0.25, -0.2) is 28.2 Å². The summed E-state index contributed by atoms with van der Waals surface area (Å²) in [5, 5.41) is 4.00. The molecule has 0 aliphatic carbocycles. The molecule has 0 amide bonds. The SMILES string of the molecule is CC1CCCN(c2cc(-c3cnc4ccc(C(F)F)nn34)ncn2)C1. The molecule has 25 heavy (non-hydrogen) atoms. The Morgan fingerprint density at radius 3 is 2.88 bits per heavy atom. The number of rotatable bonds is 3. The number of hydrogen-bond acceptors (Lipinski definition) is 5. The lowest BCUT2D eigenvalue weighted by atomic mass is 10.0. The van der Waals surface area contributed by atoms with E-state index >= 15 is 0 Å². The van der Waals surface area contributed by atoms with Gasteiger partial charge in [0, 0.05) is 19.2 Å². The molecule has 3 aromatic rings. The Hall–Kier alpha value is -2.64. The number of aromatic nitrogens is 5. The quantitative estimate of drug-likeness (QED) is 0.729. The average molecular weight is 344 g/mol. The Kier molecular flexibility index (Phi) is 4.03. The van der Waals surface area contributed by atoms with Crippen LogP contribution < -0.4 is 4.90 Å². The fourth-order valence-corrected chi connectivity index (χ4v) is 3.24. The predicted octanol–water partition coefficient (Wildman–Crippen LogP) is 3.36. The number of hydrogen-bond donors (Lipinski definition) is 0. The van der Waals surface area contributed by atoms with Crippen LogP contribution in [-0.2, 0) is 0 Å². The number of imidazole rings is 1. The Morgan fingerprint density at radius 2 is 2.08 bits per heavy atom. The van der Waals surface area contributed by atoms with Crippen LogP contribution >= 0.6 is 0 Å². The van der Waals surface area contributed by atoms with E-state index in [-0.39, 0.29) is 5.69 Å². The zero-order chi connectivity index (χ0) is 17.4. The summed E-state index contributed by atoms with van der Waals surface area (Å²) in [6.07, 6.45) is 2.83. The topological polar surface area (TPSA) is 59.2 Å². The summed E-state index contributed by atoms with van der Waals surface area (Å²) in [5.41, 5.74) is 1.41. The zero-order valence-electron chi connectivity index (χ0n) is 13.8. The van der Waals surface area contributed by atoms with E-state index in [1.807, 2.05) is 6.07 Å². The second-order valence-corrected chi connectivity index (χ2v) is 6.43. The highest BCUT2D eigenvalue weighted by Gasteiger charge is 2.19. The van der Waals surface area contributed by atoms with Gasteiger partial charge in [-0.1, -0.05) is 6.92 Å². The Balaban J connectivity index is 1.73. The summed E-state index contributed by atoms with van der Waals surface area (Å²) in [4.78, 5) is 15.1. The molecule has 0 aromatic carbocycles.